The monoisotopic (exact) mass is 606 g/mol. The van der Waals surface area contributed by atoms with E-state index in [1.165, 1.54) is 11.3 Å². The van der Waals surface area contributed by atoms with Crippen molar-refractivity contribution in [3.8, 4) is 22.4 Å². The molecule has 2 aromatic carbocycles. The summed E-state index contributed by atoms with van der Waals surface area (Å²) in [5, 5.41) is 13.1. The number of para-hydroxylation sites is 1. The number of carboxylic acids is 1. The van der Waals surface area contributed by atoms with Crippen LogP contribution in [0.25, 0.3) is 33.4 Å². The number of aromatic nitrogens is 2. The molecule has 3 aromatic heterocycles. The summed E-state index contributed by atoms with van der Waals surface area (Å²) in [4.78, 5) is 51.0. The number of furan rings is 1. The minimum atomic E-state index is -1.03. The number of nitrogens with zero attached hydrogens (tertiary/aromatic N) is 4. The van der Waals surface area contributed by atoms with E-state index in [1.807, 2.05) is 72.1 Å². The summed E-state index contributed by atoms with van der Waals surface area (Å²) in [6.07, 6.45) is 4.76. The zero-order chi connectivity index (χ0) is 30.2. The zero-order valence-electron chi connectivity index (χ0n) is 23.9. The number of carboxylic acid groups (broad SMARTS) is 1. The molecule has 10 heteroatoms. The molecule has 44 heavy (non-hydrogen) atoms. The van der Waals surface area contributed by atoms with Crippen molar-refractivity contribution in [1.82, 2.24) is 9.97 Å². The van der Waals surface area contributed by atoms with E-state index in [4.69, 9.17) is 9.40 Å². The molecule has 1 aliphatic carbocycles. The predicted molar refractivity (Wildman–Crippen MR) is 169 cm³/mol. The minimum Gasteiger partial charge on any atom is -0.481 e. The Morgan fingerprint density at radius 3 is 2.57 bits per heavy atom. The smallest absolute Gasteiger partial charge is 0.304 e. The summed E-state index contributed by atoms with van der Waals surface area (Å²) >= 11 is 1.38. The second-order valence-electron chi connectivity index (χ2n) is 11.3. The lowest BCUT2D eigenvalue weighted by Gasteiger charge is -2.24. The first-order chi connectivity index (χ1) is 21.4. The van der Waals surface area contributed by atoms with Gasteiger partial charge in [0.15, 0.2) is 5.13 Å². The van der Waals surface area contributed by atoms with E-state index in [0.717, 1.165) is 47.0 Å². The third-order valence-electron chi connectivity index (χ3n) is 8.15. The van der Waals surface area contributed by atoms with Gasteiger partial charge in [-0.3, -0.25) is 24.2 Å². The lowest BCUT2D eigenvalue weighted by molar-refractivity contribution is -0.140. The molecule has 1 aliphatic heterocycles. The Balaban J connectivity index is 1.16. The number of fused-ring (bicyclic) bond motifs is 1. The molecule has 0 radical (unpaired) electrons. The van der Waals surface area contributed by atoms with Crippen LogP contribution >= 0.6 is 11.3 Å². The molecule has 4 heterocycles. The average Bonchev–Trinajstić information content (AvgIpc) is 3.37. The number of anilines is 2. The zero-order valence-corrected chi connectivity index (χ0v) is 24.7. The van der Waals surface area contributed by atoms with Gasteiger partial charge in [0, 0.05) is 53.5 Å². The maximum absolute atomic E-state index is 14.0. The first-order valence-corrected chi connectivity index (χ1v) is 15.7. The average molecular weight is 607 g/mol. The van der Waals surface area contributed by atoms with Crippen molar-refractivity contribution < 1.29 is 23.9 Å². The van der Waals surface area contributed by atoms with Gasteiger partial charge in [0.25, 0.3) is 0 Å². The molecule has 0 spiro atoms. The molecule has 1 atom stereocenters. The number of amides is 2. The van der Waals surface area contributed by atoms with Crippen molar-refractivity contribution in [2.24, 2.45) is 5.92 Å². The van der Waals surface area contributed by atoms with Crippen LogP contribution in [0, 0.1) is 5.92 Å². The lowest BCUT2D eigenvalue weighted by Crippen LogP contribution is -2.39. The molecule has 7 rings (SSSR count). The molecule has 1 saturated carbocycles. The Labute approximate surface area is 257 Å². The van der Waals surface area contributed by atoms with Crippen LogP contribution in [0.5, 0.6) is 0 Å². The summed E-state index contributed by atoms with van der Waals surface area (Å²) < 4.78 is 5.95. The lowest BCUT2D eigenvalue weighted by atomic mass is 9.98. The topological polar surface area (TPSA) is 117 Å². The Morgan fingerprint density at radius 1 is 1.07 bits per heavy atom. The van der Waals surface area contributed by atoms with Gasteiger partial charge in [0.2, 0.25) is 11.8 Å². The van der Waals surface area contributed by atoms with Gasteiger partial charge in [-0.25, -0.2) is 9.97 Å². The summed E-state index contributed by atoms with van der Waals surface area (Å²) in [6, 6.07) is 21.2. The molecule has 1 N–H and O–H groups in total. The molecule has 9 nitrogen and oxygen atoms in total. The van der Waals surface area contributed by atoms with Crippen molar-refractivity contribution >= 4 is 51.0 Å². The Kier molecular flexibility index (Phi) is 7.43. The van der Waals surface area contributed by atoms with Gasteiger partial charge in [-0.2, -0.15) is 0 Å². The largest absolute Gasteiger partial charge is 0.481 e. The van der Waals surface area contributed by atoms with Crippen molar-refractivity contribution in [2.45, 2.75) is 44.6 Å². The first-order valence-electron chi connectivity index (χ1n) is 14.8. The molecule has 5 aromatic rings. The number of thiazole rings is 1. The fourth-order valence-corrected chi connectivity index (χ4v) is 6.75. The highest BCUT2D eigenvalue weighted by Crippen LogP contribution is 2.40. The quantitative estimate of drug-likeness (QED) is 0.191. The Hall–Kier alpha value is -4.83. The van der Waals surface area contributed by atoms with Crippen LogP contribution in [0.15, 0.2) is 82.7 Å². The summed E-state index contributed by atoms with van der Waals surface area (Å²) in [5.74, 6) is -0.733. The standard InChI is InChI=1S/C34H30N4O5S/c39-31-10-5-15-37(31)30-14-11-22(19-35-30)26-7-2-3-8-27(26)28-20-44-34(36-28)38(24-12-13-24)33(42)23(18-32(40)41)17-25-16-21-6-1-4-9-29(21)43-25/h1-4,6-9,11,14,16,19-20,23-24H,5,10,12-13,15,17-18H2,(H,40,41). The highest BCUT2D eigenvalue weighted by Gasteiger charge is 2.39. The fourth-order valence-electron chi connectivity index (χ4n) is 5.85. The number of carbonyl (C=O) groups excluding carboxylic acids is 2. The van der Waals surface area contributed by atoms with Gasteiger partial charge < -0.3 is 9.52 Å². The van der Waals surface area contributed by atoms with Crippen LogP contribution in [0.3, 0.4) is 0 Å². The molecule has 1 unspecified atom stereocenters. The van der Waals surface area contributed by atoms with Gasteiger partial charge in [-0.05, 0) is 49.1 Å². The highest BCUT2D eigenvalue weighted by molar-refractivity contribution is 7.14. The second-order valence-corrected chi connectivity index (χ2v) is 12.1. The van der Waals surface area contributed by atoms with Crippen molar-refractivity contribution in [2.75, 3.05) is 16.3 Å². The summed E-state index contributed by atoms with van der Waals surface area (Å²) in [5.41, 5.74) is 4.17. The summed E-state index contributed by atoms with van der Waals surface area (Å²) in [7, 11) is 0. The van der Waals surface area contributed by atoms with Gasteiger partial charge in [-0.15, -0.1) is 11.3 Å². The fraction of sp³-hybridized carbons (Fsp3) is 0.265. The van der Waals surface area contributed by atoms with Crippen LogP contribution in [-0.2, 0) is 20.8 Å². The highest BCUT2D eigenvalue weighted by atomic mass is 32.1. The molecule has 1 saturated heterocycles. The first kappa shape index (κ1) is 28.0. The van der Waals surface area contributed by atoms with Gasteiger partial charge >= 0.3 is 5.97 Å². The summed E-state index contributed by atoms with van der Waals surface area (Å²) in [6.45, 7) is 0.686. The number of hydrogen-bond donors (Lipinski definition) is 1. The second kappa shape index (κ2) is 11.7. The number of benzene rings is 2. The molecule has 222 valence electrons. The van der Waals surface area contributed by atoms with Gasteiger partial charge in [0.05, 0.1) is 18.0 Å². The van der Waals surface area contributed by atoms with E-state index in [2.05, 4.69) is 4.98 Å². The number of rotatable bonds is 10. The number of pyridine rings is 1. The molecule has 2 aliphatic rings. The number of carbonyl (C=O) groups is 3. The third kappa shape index (κ3) is 5.60. The predicted octanol–water partition coefficient (Wildman–Crippen LogP) is 6.57. The van der Waals surface area contributed by atoms with Crippen LogP contribution in [0.1, 0.15) is 37.9 Å². The third-order valence-corrected chi connectivity index (χ3v) is 8.99. The maximum Gasteiger partial charge on any atom is 0.304 e. The Morgan fingerprint density at radius 2 is 1.86 bits per heavy atom. The van der Waals surface area contributed by atoms with Gasteiger partial charge in [-0.1, -0.05) is 42.5 Å². The van der Waals surface area contributed by atoms with E-state index in [-0.39, 0.29) is 30.7 Å². The van der Waals surface area contributed by atoms with E-state index < -0.39 is 11.9 Å². The van der Waals surface area contributed by atoms with E-state index in [9.17, 15) is 19.5 Å². The van der Waals surface area contributed by atoms with Crippen LogP contribution in [-0.4, -0.2) is 45.4 Å². The van der Waals surface area contributed by atoms with Crippen molar-refractivity contribution in [3.63, 3.8) is 0 Å². The van der Waals surface area contributed by atoms with Crippen LogP contribution < -0.4 is 9.80 Å². The SMILES string of the molecule is O=C(O)CC(Cc1cc2ccccc2o1)C(=O)N(c1nc(-c2ccccc2-c2ccc(N3CCCC3=O)nc2)cs1)C1CC1. The normalized spacial score (nSPS) is 15.5. The Bertz CT molecular complexity index is 1830. The number of hydrogen-bond acceptors (Lipinski definition) is 7. The molecular weight excluding hydrogens is 576 g/mol. The van der Waals surface area contributed by atoms with Crippen LogP contribution in [0.2, 0.25) is 0 Å². The van der Waals surface area contributed by atoms with Crippen LogP contribution in [0.4, 0.5) is 10.9 Å². The van der Waals surface area contributed by atoms with E-state index in [1.54, 1.807) is 16.0 Å². The molecule has 0 bridgehead atoms. The van der Waals surface area contributed by atoms with Crippen molar-refractivity contribution in [1.29, 1.82) is 0 Å². The maximum atomic E-state index is 14.0. The molecule has 2 fully saturated rings. The van der Waals surface area contributed by atoms with Crippen molar-refractivity contribution in [3.05, 3.63) is 84.1 Å². The minimum absolute atomic E-state index is 0.00578. The molecular formula is C34H30N4O5S. The van der Waals surface area contributed by atoms with Gasteiger partial charge in [0.1, 0.15) is 17.2 Å². The van der Waals surface area contributed by atoms with E-state index >= 15 is 0 Å². The number of aliphatic carboxylic acids is 1. The van der Waals surface area contributed by atoms with E-state index in [0.29, 0.717) is 35.3 Å². The molecule has 2 amide bonds.